The van der Waals surface area contributed by atoms with Crippen LogP contribution in [0.4, 0.5) is 0 Å². The summed E-state index contributed by atoms with van der Waals surface area (Å²) in [6.45, 7) is 4.00. The number of rotatable bonds is 2. The minimum Gasteiger partial charge on any atom is -0.404 e. The molecule has 5 heteroatoms. The second-order valence-electron chi connectivity index (χ2n) is 3.40. The molecule has 19 heavy (non-hydrogen) atoms. The van der Waals surface area contributed by atoms with Crippen molar-refractivity contribution >= 4 is 38.8 Å². The summed E-state index contributed by atoms with van der Waals surface area (Å²) in [5.41, 5.74) is 8.67. The molecule has 0 fully saturated rings. The number of nitrogens with two attached hydrogens (primary N) is 1. The third kappa shape index (κ3) is 3.86. The molecule has 0 saturated carbocycles. The molecule has 0 saturated heterocycles. The van der Waals surface area contributed by atoms with Crippen molar-refractivity contribution in [1.29, 1.82) is 0 Å². The number of aromatic nitrogens is 2. The molecule has 0 spiro atoms. The van der Waals surface area contributed by atoms with Gasteiger partial charge in [-0.25, -0.2) is 4.98 Å². The van der Waals surface area contributed by atoms with Crippen LogP contribution in [0, 0.1) is 0 Å². The van der Waals surface area contributed by atoms with Crippen LogP contribution in [0.5, 0.6) is 0 Å². The molecule has 0 aliphatic rings. The van der Waals surface area contributed by atoms with Gasteiger partial charge in [-0.1, -0.05) is 29.8 Å². The summed E-state index contributed by atoms with van der Waals surface area (Å²) in [5.74, 6) is 0. The van der Waals surface area contributed by atoms with Crippen molar-refractivity contribution in [2.45, 2.75) is 13.8 Å². The van der Waals surface area contributed by atoms with Crippen molar-refractivity contribution in [3.63, 3.8) is 0 Å². The average molecular weight is 321 g/mol. The van der Waals surface area contributed by atoms with Crippen LogP contribution >= 0.6 is 15.9 Å². The van der Waals surface area contributed by atoms with E-state index in [0.717, 1.165) is 21.1 Å². The highest BCUT2D eigenvalue weighted by molar-refractivity contribution is 9.10. The fourth-order valence-electron chi connectivity index (χ4n) is 1.46. The highest BCUT2D eigenvalue weighted by atomic mass is 79.9. The number of aliphatic imine (C=N–C) groups is 1. The molecular formula is C14H17BrN4. The van der Waals surface area contributed by atoms with E-state index in [0.29, 0.717) is 5.69 Å². The van der Waals surface area contributed by atoms with E-state index in [9.17, 15) is 0 Å². The van der Waals surface area contributed by atoms with E-state index in [1.54, 1.807) is 19.5 Å². The van der Waals surface area contributed by atoms with E-state index >= 15 is 0 Å². The Labute approximate surface area is 121 Å². The molecule has 2 aromatic rings. The second-order valence-corrected chi connectivity index (χ2v) is 4.31. The first kappa shape index (κ1) is 15.3. The second kappa shape index (κ2) is 7.63. The molecule has 1 aromatic carbocycles. The quantitative estimate of drug-likeness (QED) is 0.862. The van der Waals surface area contributed by atoms with Crippen molar-refractivity contribution in [1.82, 2.24) is 9.97 Å². The fraction of sp³-hybridized carbons (Fsp3) is 0.214. The smallest absolute Gasteiger partial charge is 0.0922 e. The third-order valence-electron chi connectivity index (χ3n) is 2.25. The van der Waals surface area contributed by atoms with Crippen molar-refractivity contribution in [3.8, 4) is 0 Å². The van der Waals surface area contributed by atoms with Gasteiger partial charge in [0.05, 0.1) is 22.9 Å². The molecule has 0 atom stereocenters. The Kier molecular flexibility index (Phi) is 6.15. The summed E-state index contributed by atoms with van der Waals surface area (Å²) in [6, 6.07) is 5.77. The van der Waals surface area contributed by atoms with Crippen LogP contribution in [-0.2, 0) is 0 Å². The molecule has 2 N–H and O–H groups in total. The first-order valence-corrected chi connectivity index (χ1v) is 6.80. The highest BCUT2D eigenvalue weighted by Gasteiger charge is 2.03. The molecule has 0 amide bonds. The van der Waals surface area contributed by atoms with Crippen molar-refractivity contribution in [2.24, 2.45) is 10.7 Å². The predicted octanol–water partition coefficient (Wildman–Crippen LogP) is 3.42. The Balaban J connectivity index is 0.000000861. The zero-order chi connectivity index (χ0) is 14.3. The molecule has 1 heterocycles. The molecule has 0 unspecified atom stereocenters. The maximum absolute atomic E-state index is 5.53. The minimum atomic E-state index is 0.712. The Morgan fingerprint density at radius 2 is 2.05 bits per heavy atom. The van der Waals surface area contributed by atoms with Crippen LogP contribution < -0.4 is 5.73 Å². The lowest BCUT2D eigenvalue weighted by Gasteiger charge is -2.02. The topological polar surface area (TPSA) is 64.2 Å². The molecule has 4 nitrogen and oxygen atoms in total. The maximum atomic E-state index is 5.53. The SMILES string of the molecule is CC.CN=C/C(=C\N)c1cnc2ccc(Br)cc2n1. The fourth-order valence-corrected chi connectivity index (χ4v) is 1.81. The number of halogens is 1. The Morgan fingerprint density at radius 1 is 1.32 bits per heavy atom. The lowest BCUT2D eigenvalue weighted by molar-refractivity contribution is 1.25. The highest BCUT2D eigenvalue weighted by Crippen LogP contribution is 2.18. The largest absolute Gasteiger partial charge is 0.404 e. The number of benzene rings is 1. The monoisotopic (exact) mass is 320 g/mol. The first-order valence-electron chi connectivity index (χ1n) is 6.01. The molecule has 0 aliphatic carbocycles. The van der Waals surface area contributed by atoms with E-state index in [4.69, 9.17) is 5.73 Å². The first-order chi connectivity index (χ1) is 9.24. The minimum absolute atomic E-state index is 0.712. The van der Waals surface area contributed by atoms with Gasteiger partial charge in [0.25, 0.3) is 0 Å². The zero-order valence-electron chi connectivity index (χ0n) is 11.3. The lowest BCUT2D eigenvalue weighted by atomic mass is 10.2. The molecule has 100 valence electrons. The van der Waals surface area contributed by atoms with Crippen LogP contribution in [0.2, 0.25) is 0 Å². The van der Waals surface area contributed by atoms with Gasteiger partial charge in [0.2, 0.25) is 0 Å². The number of hydrogen-bond donors (Lipinski definition) is 1. The zero-order valence-corrected chi connectivity index (χ0v) is 12.8. The van der Waals surface area contributed by atoms with Gasteiger partial charge in [-0.05, 0) is 18.2 Å². The van der Waals surface area contributed by atoms with Gasteiger partial charge >= 0.3 is 0 Å². The molecular weight excluding hydrogens is 304 g/mol. The van der Waals surface area contributed by atoms with Crippen LogP contribution in [0.15, 0.2) is 40.1 Å². The Bertz CT molecular complexity index is 605. The summed E-state index contributed by atoms with van der Waals surface area (Å²) in [4.78, 5) is 12.8. The molecule has 2 rings (SSSR count). The summed E-state index contributed by atoms with van der Waals surface area (Å²) in [5, 5.41) is 0. The molecule has 0 bridgehead atoms. The van der Waals surface area contributed by atoms with Gasteiger partial charge in [-0.2, -0.15) is 0 Å². The van der Waals surface area contributed by atoms with Crippen LogP contribution in [0.25, 0.3) is 16.6 Å². The Morgan fingerprint density at radius 3 is 2.68 bits per heavy atom. The van der Waals surface area contributed by atoms with Crippen LogP contribution in [0.1, 0.15) is 19.5 Å². The number of allylic oxidation sites excluding steroid dienone is 1. The molecule has 1 aromatic heterocycles. The van der Waals surface area contributed by atoms with Gasteiger partial charge in [-0.3, -0.25) is 9.98 Å². The van der Waals surface area contributed by atoms with Gasteiger partial charge in [-0.15, -0.1) is 0 Å². The van der Waals surface area contributed by atoms with Crippen molar-refractivity contribution in [3.05, 3.63) is 40.8 Å². The van der Waals surface area contributed by atoms with E-state index in [1.807, 2.05) is 32.0 Å². The standard InChI is InChI=1S/C12H11BrN4.C2H6/c1-15-6-8(5-14)12-7-16-10-3-2-9(13)4-11(10)17-12;1-2/h2-7H,14H2,1H3;1-2H3/b8-5+,15-6?;. The van der Waals surface area contributed by atoms with E-state index in [-0.39, 0.29) is 0 Å². The summed E-state index contributed by atoms with van der Waals surface area (Å²) < 4.78 is 0.971. The van der Waals surface area contributed by atoms with Crippen molar-refractivity contribution < 1.29 is 0 Å². The molecule has 0 aliphatic heterocycles. The van der Waals surface area contributed by atoms with Gasteiger partial charge in [0, 0.05) is 29.5 Å². The van der Waals surface area contributed by atoms with E-state index in [1.165, 1.54) is 6.20 Å². The van der Waals surface area contributed by atoms with E-state index in [2.05, 4.69) is 30.9 Å². The van der Waals surface area contributed by atoms with Gasteiger partial charge in [0.15, 0.2) is 0 Å². The van der Waals surface area contributed by atoms with Gasteiger partial charge in [0.1, 0.15) is 0 Å². The van der Waals surface area contributed by atoms with Gasteiger partial charge < -0.3 is 5.73 Å². The summed E-state index contributed by atoms with van der Waals surface area (Å²) in [7, 11) is 1.69. The molecule has 0 radical (unpaired) electrons. The number of hydrogen-bond acceptors (Lipinski definition) is 4. The van der Waals surface area contributed by atoms with Crippen LogP contribution in [-0.4, -0.2) is 23.2 Å². The predicted molar refractivity (Wildman–Crippen MR) is 85.2 cm³/mol. The summed E-state index contributed by atoms with van der Waals surface area (Å²) in [6.07, 6.45) is 4.82. The van der Waals surface area contributed by atoms with Crippen molar-refractivity contribution in [2.75, 3.05) is 7.05 Å². The Hall–Kier alpha value is -1.75. The summed E-state index contributed by atoms with van der Waals surface area (Å²) >= 11 is 3.41. The average Bonchev–Trinajstić information content (AvgIpc) is 2.46. The number of nitrogens with zero attached hydrogens (tertiary/aromatic N) is 3. The normalized spacial score (nSPS) is 11.5. The lowest BCUT2D eigenvalue weighted by Crippen LogP contribution is -1.96. The maximum Gasteiger partial charge on any atom is 0.0922 e. The third-order valence-corrected chi connectivity index (χ3v) is 2.74. The number of fused-ring (bicyclic) bond motifs is 1. The van der Waals surface area contributed by atoms with E-state index < -0.39 is 0 Å². The van der Waals surface area contributed by atoms with Crippen LogP contribution in [0.3, 0.4) is 0 Å².